The van der Waals surface area contributed by atoms with E-state index in [9.17, 15) is 9.00 Å². The van der Waals surface area contributed by atoms with Gasteiger partial charge in [-0.3, -0.25) is 9.00 Å². The Bertz CT molecular complexity index is 476. The van der Waals surface area contributed by atoms with Gasteiger partial charge in [-0.2, -0.15) is 0 Å². The molecule has 1 atom stereocenters. The van der Waals surface area contributed by atoms with Crippen LogP contribution in [0.2, 0.25) is 10.0 Å². The predicted octanol–water partition coefficient (Wildman–Crippen LogP) is 4.25. The summed E-state index contributed by atoms with van der Waals surface area (Å²) in [5.41, 5.74) is 0. The van der Waals surface area contributed by atoms with Gasteiger partial charge in [0.25, 0.3) is 0 Å². The van der Waals surface area contributed by atoms with Gasteiger partial charge in [-0.05, 0) is 25.0 Å². The van der Waals surface area contributed by atoms with Crippen molar-refractivity contribution in [3.63, 3.8) is 0 Å². The maximum absolute atomic E-state index is 12.3. The Hall–Kier alpha value is -0.380. The minimum Gasteiger partial charge on any atom is -0.298 e. The van der Waals surface area contributed by atoms with Gasteiger partial charge < -0.3 is 0 Å². The zero-order valence-corrected chi connectivity index (χ0v) is 12.9. The smallest absolute Gasteiger partial charge is 0.148 e. The number of rotatable bonds is 4. The number of hydrogen-bond donors (Lipinski definition) is 0. The van der Waals surface area contributed by atoms with Gasteiger partial charge in [0.1, 0.15) is 5.78 Å². The van der Waals surface area contributed by atoms with Crippen LogP contribution in [-0.2, 0) is 15.6 Å². The van der Waals surface area contributed by atoms with Gasteiger partial charge in [0, 0.05) is 5.92 Å². The summed E-state index contributed by atoms with van der Waals surface area (Å²) in [4.78, 5) is 12.5. The van der Waals surface area contributed by atoms with Crippen molar-refractivity contribution in [2.75, 3.05) is 5.75 Å². The van der Waals surface area contributed by atoms with Crippen LogP contribution in [0.1, 0.15) is 32.1 Å². The zero-order valence-electron chi connectivity index (χ0n) is 10.5. The average Bonchev–Trinajstić information content (AvgIpc) is 2.39. The summed E-state index contributed by atoms with van der Waals surface area (Å²) in [5, 5.41) is 0.726. The molecule has 2 nitrogen and oxygen atoms in total. The molecule has 0 heterocycles. The second-order valence-corrected chi connectivity index (χ2v) is 7.04. The molecule has 0 radical (unpaired) electrons. The Morgan fingerprint density at radius 2 is 1.74 bits per heavy atom. The lowest BCUT2D eigenvalue weighted by atomic mass is 9.87. The highest BCUT2D eigenvalue weighted by Gasteiger charge is 2.24. The highest BCUT2D eigenvalue weighted by atomic mass is 35.5. The standard InChI is InChI=1S/C14H16Cl2O2S/c15-11-7-4-8-12(16)14(11)19(18)9-13(17)10-5-2-1-3-6-10/h4,7-8,10H,1-3,5-6,9H2. The predicted molar refractivity (Wildman–Crippen MR) is 79.3 cm³/mol. The fourth-order valence-electron chi connectivity index (χ4n) is 2.44. The third kappa shape index (κ3) is 3.80. The van der Waals surface area contributed by atoms with Gasteiger partial charge in [0.05, 0.1) is 31.5 Å². The van der Waals surface area contributed by atoms with E-state index in [0.29, 0.717) is 14.9 Å². The molecule has 1 saturated carbocycles. The van der Waals surface area contributed by atoms with E-state index < -0.39 is 10.8 Å². The van der Waals surface area contributed by atoms with Crippen LogP contribution in [-0.4, -0.2) is 15.7 Å². The van der Waals surface area contributed by atoms with Crippen molar-refractivity contribution >= 4 is 39.8 Å². The average molecular weight is 319 g/mol. The number of benzene rings is 1. The molecule has 1 aromatic rings. The zero-order chi connectivity index (χ0) is 13.8. The van der Waals surface area contributed by atoms with E-state index in [1.165, 1.54) is 6.42 Å². The van der Waals surface area contributed by atoms with Crippen LogP contribution >= 0.6 is 23.2 Å². The third-order valence-corrected chi connectivity index (χ3v) is 5.78. The molecule has 19 heavy (non-hydrogen) atoms. The van der Waals surface area contributed by atoms with E-state index in [4.69, 9.17) is 23.2 Å². The van der Waals surface area contributed by atoms with Crippen LogP contribution < -0.4 is 0 Å². The Labute approximate surface area is 125 Å². The molecule has 1 unspecified atom stereocenters. The first-order chi connectivity index (χ1) is 9.09. The SMILES string of the molecule is O=C(CS(=O)c1c(Cl)cccc1Cl)C1CCCCC1. The monoisotopic (exact) mass is 318 g/mol. The fourth-order valence-corrected chi connectivity index (χ4v) is 4.57. The summed E-state index contributed by atoms with van der Waals surface area (Å²) in [7, 11) is -1.45. The number of Topliss-reactive ketones (excluding diaryl/α,β-unsaturated/α-hetero) is 1. The van der Waals surface area contributed by atoms with Crippen LogP contribution in [0.3, 0.4) is 0 Å². The fraction of sp³-hybridized carbons (Fsp3) is 0.500. The molecule has 0 aliphatic heterocycles. The largest absolute Gasteiger partial charge is 0.298 e. The lowest BCUT2D eigenvalue weighted by molar-refractivity contribution is -0.121. The molecule has 0 saturated heterocycles. The highest BCUT2D eigenvalue weighted by Crippen LogP contribution is 2.29. The molecule has 1 fully saturated rings. The summed E-state index contributed by atoms with van der Waals surface area (Å²) in [5.74, 6) is 0.168. The van der Waals surface area contributed by atoms with E-state index in [-0.39, 0.29) is 17.5 Å². The van der Waals surface area contributed by atoms with Crippen LogP contribution in [0.25, 0.3) is 0 Å². The number of hydrogen-bond acceptors (Lipinski definition) is 2. The molecule has 1 aliphatic carbocycles. The van der Waals surface area contributed by atoms with Crippen molar-refractivity contribution in [3.8, 4) is 0 Å². The van der Waals surface area contributed by atoms with Gasteiger partial charge >= 0.3 is 0 Å². The van der Waals surface area contributed by atoms with Crippen molar-refractivity contribution in [3.05, 3.63) is 28.2 Å². The summed E-state index contributed by atoms with van der Waals surface area (Å²) in [6.45, 7) is 0. The maximum atomic E-state index is 12.3. The van der Waals surface area contributed by atoms with Crippen molar-refractivity contribution in [1.82, 2.24) is 0 Å². The first kappa shape index (κ1) is 15.0. The second-order valence-electron chi connectivity index (χ2n) is 4.84. The minimum absolute atomic E-state index is 0.0219. The first-order valence-corrected chi connectivity index (χ1v) is 8.52. The molecular weight excluding hydrogens is 303 g/mol. The van der Waals surface area contributed by atoms with Crippen molar-refractivity contribution in [2.24, 2.45) is 5.92 Å². The number of ketones is 1. The van der Waals surface area contributed by atoms with Crippen LogP contribution in [0.15, 0.2) is 23.1 Å². The van der Waals surface area contributed by atoms with E-state index in [0.717, 1.165) is 25.7 Å². The number of carbonyl (C=O) groups is 1. The lowest BCUT2D eigenvalue weighted by Crippen LogP contribution is -2.23. The molecule has 0 amide bonds. The Kier molecular flexibility index (Phi) is 5.43. The van der Waals surface area contributed by atoms with Crippen molar-refractivity contribution in [1.29, 1.82) is 0 Å². The number of carbonyl (C=O) groups excluding carboxylic acids is 1. The van der Waals surface area contributed by atoms with Gasteiger partial charge in [-0.25, -0.2) is 0 Å². The highest BCUT2D eigenvalue weighted by molar-refractivity contribution is 7.86. The molecule has 2 rings (SSSR count). The third-order valence-electron chi connectivity index (χ3n) is 3.48. The van der Waals surface area contributed by atoms with Gasteiger partial charge in [0.2, 0.25) is 0 Å². The van der Waals surface area contributed by atoms with E-state index in [2.05, 4.69) is 0 Å². The van der Waals surface area contributed by atoms with Gasteiger partial charge in [0.15, 0.2) is 0 Å². The molecule has 0 N–H and O–H groups in total. The first-order valence-electron chi connectivity index (χ1n) is 6.44. The lowest BCUT2D eigenvalue weighted by Gasteiger charge is -2.20. The summed E-state index contributed by atoms with van der Waals surface area (Å²) in [6, 6.07) is 4.99. The normalized spacial score (nSPS) is 18.2. The van der Waals surface area contributed by atoms with Crippen LogP contribution in [0, 0.1) is 5.92 Å². The summed E-state index contributed by atoms with van der Waals surface area (Å²) in [6.07, 6.45) is 5.23. The Morgan fingerprint density at radius 1 is 1.16 bits per heavy atom. The maximum Gasteiger partial charge on any atom is 0.148 e. The molecule has 0 spiro atoms. The van der Waals surface area contributed by atoms with Crippen LogP contribution in [0.5, 0.6) is 0 Å². The molecule has 0 bridgehead atoms. The second kappa shape index (κ2) is 6.87. The molecule has 104 valence electrons. The van der Waals surface area contributed by atoms with Gasteiger partial charge in [-0.15, -0.1) is 0 Å². The molecular formula is C14H16Cl2O2S. The molecule has 1 aliphatic rings. The topological polar surface area (TPSA) is 34.1 Å². The molecule has 0 aromatic heterocycles. The van der Waals surface area contributed by atoms with E-state index in [1.807, 2.05) is 0 Å². The summed E-state index contributed by atoms with van der Waals surface area (Å²) < 4.78 is 12.3. The van der Waals surface area contributed by atoms with Crippen LogP contribution in [0.4, 0.5) is 0 Å². The minimum atomic E-state index is -1.45. The van der Waals surface area contributed by atoms with Crippen molar-refractivity contribution in [2.45, 2.75) is 37.0 Å². The Morgan fingerprint density at radius 3 is 2.32 bits per heavy atom. The van der Waals surface area contributed by atoms with Crippen molar-refractivity contribution < 1.29 is 9.00 Å². The van der Waals surface area contributed by atoms with Gasteiger partial charge in [-0.1, -0.05) is 48.5 Å². The van der Waals surface area contributed by atoms with E-state index >= 15 is 0 Å². The Balaban J connectivity index is 2.06. The quantitative estimate of drug-likeness (QED) is 0.831. The van der Waals surface area contributed by atoms with E-state index in [1.54, 1.807) is 18.2 Å². The summed E-state index contributed by atoms with van der Waals surface area (Å²) >= 11 is 12.0. The number of halogens is 2. The molecule has 5 heteroatoms. The molecule has 1 aromatic carbocycles.